The Morgan fingerprint density at radius 2 is 1.96 bits per heavy atom. The van der Waals surface area contributed by atoms with Crippen molar-refractivity contribution < 1.29 is 4.74 Å². The van der Waals surface area contributed by atoms with E-state index in [1.54, 1.807) is 11.3 Å². The second-order valence-corrected chi connectivity index (χ2v) is 7.14. The lowest BCUT2D eigenvalue weighted by atomic mass is 10.2. The van der Waals surface area contributed by atoms with E-state index in [0.29, 0.717) is 6.61 Å². The summed E-state index contributed by atoms with van der Waals surface area (Å²) in [4.78, 5) is 10.2. The van der Waals surface area contributed by atoms with Gasteiger partial charge in [-0.2, -0.15) is 0 Å². The number of aliphatic imine (C=N–C) groups is 1. The largest absolute Gasteiger partial charge is 0.494 e. The maximum atomic E-state index is 5.73. The van der Waals surface area contributed by atoms with Crippen LogP contribution in [0.4, 0.5) is 0 Å². The van der Waals surface area contributed by atoms with Crippen LogP contribution in [-0.2, 0) is 6.42 Å². The fourth-order valence-electron chi connectivity index (χ4n) is 2.23. The van der Waals surface area contributed by atoms with Crippen molar-refractivity contribution in [2.24, 2.45) is 4.99 Å². The van der Waals surface area contributed by atoms with Gasteiger partial charge in [-0.25, -0.2) is 4.98 Å². The summed E-state index contributed by atoms with van der Waals surface area (Å²) in [5.74, 6) is 1.77. The minimum Gasteiger partial charge on any atom is -0.494 e. The highest BCUT2D eigenvalue weighted by Crippen LogP contribution is 2.12. The number of nitrogens with zero attached hydrogens (tertiary/aromatic N) is 2. The smallest absolute Gasteiger partial charge is 0.191 e. The third-order valence-electron chi connectivity index (χ3n) is 3.51. The molecular weight excluding hydrogens is 459 g/mol. The van der Waals surface area contributed by atoms with Gasteiger partial charge in [0.15, 0.2) is 5.96 Å². The maximum Gasteiger partial charge on any atom is 0.191 e. The van der Waals surface area contributed by atoms with Crippen LogP contribution in [0.1, 0.15) is 28.8 Å². The van der Waals surface area contributed by atoms with Crippen LogP contribution in [0.25, 0.3) is 0 Å². The van der Waals surface area contributed by atoms with Crippen molar-refractivity contribution in [1.82, 2.24) is 15.6 Å². The number of halogens is 1. The molecule has 0 aliphatic rings. The van der Waals surface area contributed by atoms with Gasteiger partial charge in [0.1, 0.15) is 5.75 Å². The predicted octanol–water partition coefficient (Wildman–Crippen LogP) is 3.94. The molecule has 144 valence electrons. The van der Waals surface area contributed by atoms with Gasteiger partial charge in [0.2, 0.25) is 0 Å². The standard InChI is InChI=1S/C19H28N4OS.HI/c1-4-20-19(22-12-10-18-23-14-16(3)25-18)21-11-5-13-24-17-8-6-15(2)7-9-17;/h6-9,14H,4-5,10-13H2,1-3H3,(H2,20,21,22);1H. The van der Waals surface area contributed by atoms with Gasteiger partial charge in [0.25, 0.3) is 0 Å². The molecule has 2 aromatic rings. The molecule has 1 aromatic carbocycles. The van der Waals surface area contributed by atoms with Gasteiger partial charge >= 0.3 is 0 Å². The van der Waals surface area contributed by atoms with E-state index in [1.807, 2.05) is 18.3 Å². The SMILES string of the molecule is CCNC(=NCCCOc1ccc(C)cc1)NCCc1ncc(C)s1.I. The van der Waals surface area contributed by atoms with Crippen molar-refractivity contribution in [2.45, 2.75) is 33.6 Å². The summed E-state index contributed by atoms with van der Waals surface area (Å²) >= 11 is 1.75. The zero-order valence-electron chi connectivity index (χ0n) is 15.7. The van der Waals surface area contributed by atoms with Gasteiger partial charge in [-0.15, -0.1) is 35.3 Å². The number of ether oxygens (including phenoxy) is 1. The number of nitrogens with one attached hydrogen (secondary N) is 2. The monoisotopic (exact) mass is 488 g/mol. The van der Waals surface area contributed by atoms with Crippen molar-refractivity contribution in [1.29, 1.82) is 0 Å². The number of thiazole rings is 1. The molecule has 1 aromatic heterocycles. The molecule has 0 aliphatic carbocycles. The highest BCUT2D eigenvalue weighted by molar-refractivity contribution is 14.0. The minimum absolute atomic E-state index is 0. The lowest BCUT2D eigenvalue weighted by molar-refractivity contribution is 0.313. The molecule has 0 amide bonds. The Balaban J connectivity index is 0.00000338. The number of benzene rings is 1. The molecule has 0 bridgehead atoms. The van der Waals surface area contributed by atoms with Crippen LogP contribution in [0, 0.1) is 13.8 Å². The summed E-state index contributed by atoms with van der Waals surface area (Å²) in [6.07, 6.45) is 3.73. The Morgan fingerprint density at radius 3 is 2.62 bits per heavy atom. The maximum absolute atomic E-state index is 5.73. The molecule has 0 radical (unpaired) electrons. The predicted molar refractivity (Wildman–Crippen MR) is 121 cm³/mol. The molecule has 0 aliphatic heterocycles. The normalized spacial score (nSPS) is 11.0. The van der Waals surface area contributed by atoms with Crippen LogP contribution in [-0.4, -0.2) is 37.2 Å². The molecule has 0 atom stereocenters. The average Bonchev–Trinajstić information content (AvgIpc) is 3.01. The Hall–Kier alpha value is -1.35. The lowest BCUT2D eigenvalue weighted by Crippen LogP contribution is -2.38. The van der Waals surface area contributed by atoms with Crippen molar-refractivity contribution in [3.63, 3.8) is 0 Å². The summed E-state index contributed by atoms with van der Waals surface area (Å²) < 4.78 is 5.73. The van der Waals surface area contributed by atoms with E-state index < -0.39 is 0 Å². The minimum atomic E-state index is 0. The Labute approximate surface area is 177 Å². The van der Waals surface area contributed by atoms with Crippen LogP contribution in [0.5, 0.6) is 5.75 Å². The lowest BCUT2D eigenvalue weighted by Gasteiger charge is -2.11. The van der Waals surface area contributed by atoms with Crippen LogP contribution in [0.15, 0.2) is 35.5 Å². The summed E-state index contributed by atoms with van der Waals surface area (Å²) in [5.41, 5.74) is 1.24. The van der Waals surface area contributed by atoms with E-state index >= 15 is 0 Å². The average molecular weight is 488 g/mol. The van der Waals surface area contributed by atoms with Crippen molar-refractivity contribution in [2.75, 3.05) is 26.2 Å². The second kappa shape index (κ2) is 12.9. The molecule has 2 N–H and O–H groups in total. The van der Waals surface area contributed by atoms with Crippen LogP contribution in [0.3, 0.4) is 0 Å². The first kappa shape index (κ1) is 22.7. The summed E-state index contributed by atoms with van der Waals surface area (Å²) in [7, 11) is 0. The Bertz CT molecular complexity index is 658. The number of hydrogen-bond donors (Lipinski definition) is 2. The Morgan fingerprint density at radius 1 is 1.19 bits per heavy atom. The zero-order chi connectivity index (χ0) is 17.9. The first-order valence-electron chi connectivity index (χ1n) is 8.80. The van der Waals surface area contributed by atoms with E-state index in [9.17, 15) is 0 Å². The molecule has 0 fully saturated rings. The number of aromatic nitrogens is 1. The van der Waals surface area contributed by atoms with E-state index in [2.05, 4.69) is 53.5 Å². The summed E-state index contributed by atoms with van der Waals surface area (Å²) in [5, 5.41) is 7.79. The van der Waals surface area contributed by atoms with Crippen molar-refractivity contribution in [3.05, 3.63) is 45.9 Å². The molecule has 0 saturated heterocycles. The van der Waals surface area contributed by atoms with Gasteiger partial charge in [0.05, 0.1) is 11.6 Å². The van der Waals surface area contributed by atoms with Gasteiger partial charge in [-0.05, 0) is 32.9 Å². The second-order valence-electron chi connectivity index (χ2n) is 5.82. The quantitative estimate of drug-likeness (QED) is 0.243. The van der Waals surface area contributed by atoms with Crippen LogP contribution in [0.2, 0.25) is 0 Å². The number of guanidine groups is 1. The fourth-order valence-corrected chi connectivity index (χ4v) is 3.01. The third kappa shape index (κ3) is 8.84. The number of aryl methyl sites for hydroxylation is 2. The molecule has 2 rings (SSSR count). The highest BCUT2D eigenvalue weighted by atomic mass is 127. The molecule has 1 heterocycles. The molecule has 0 spiro atoms. The molecule has 26 heavy (non-hydrogen) atoms. The zero-order valence-corrected chi connectivity index (χ0v) is 18.9. The third-order valence-corrected chi connectivity index (χ3v) is 4.48. The topological polar surface area (TPSA) is 58.5 Å². The van der Waals surface area contributed by atoms with Gasteiger partial charge in [0, 0.05) is 43.5 Å². The van der Waals surface area contributed by atoms with Crippen LogP contribution < -0.4 is 15.4 Å². The van der Waals surface area contributed by atoms with E-state index in [0.717, 1.165) is 49.2 Å². The Kier molecular flexibility index (Phi) is 11.3. The first-order valence-corrected chi connectivity index (χ1v) is 9.62. The summed E-state index contributed by atoms with van der Waals surface area (Å²) in [6.45, 7) is 9.31. The van der Waals surface area contributed by atoms with Gasteiger partial charge in [-0.1, -0.05) is 17.7 Å². The molecule has 0 unspecified atom stereocenters. The first-order chi connectivity index (χ1) is 12.2. The number of rotatable bonds is 9. The van der Waals surface area contributed by atoms with E-state index in [-0.39, 0.29) is 24.0 Å². The summed E-state index contributed by atoms with van der Waals surface area (Å²) in [6, 6.07) is 8.13. The molecule has 0 saturated carbocycles. The van der Waals surface area contributed by atoms with Gasteiger partial charge < -0.3 is 15.4 Å². The molecular formula is C19H29IN4OS. The highest BCUT2D eigenvalue weighted by Gasteiger charge is 2.01. The van der Waals surface area contributed by atoms with Crippen molar-refractivity contribution >= 4 is 41.3 Å². The van der Waals surface area contributed by atoms with Crippen molar-refractivity contribution in [3.8, 4) is 5.75 Å². The molecule has 5 nitrogen and oxygen atoms in total. The van der Waals surface area contributed by atoms with E-state index in [4.69, 9.17) is 4.74 Å². The number of hydrogen-bond acceptors (Lipinski definition) is 4. The molecule has 7 heteroatoms. The van der Waals surface area contributed by atoms with Gasteiger partial charge in [-0.3, -0.25) is 4.99 Å². The van der Waals surface area contributed by atoms with E-state index in [1.165, 1.54) is 10.4 Å². The fraction of sp³-hybridized carbons (Fsp3) is 0.474. The van der Waals surface area contributed by atoms with Crippen LogP contribution >= 0.6 is 35.3 Å².